The summed E-state index contributed by atoms with van der Waals surface area (Å²) in [6.45, 7) is 1.34. The van der Waals surface area contributed by atoms with Gasteiger partial charge in [0.05, 0.1) is 0 Å². The Morgan fingerprint density at radius 1 is 1.36 bits per heavy atom. The van der Waals surface area contributed by atoms with Crippen LogP contribution in [0.25, 0.3) is 0 Å². The standard InChI is InChI=1S/C10H13ClN2O/c11-9-3-1-8(2-4-9)7-13-6-5-10(12)14/h1-4,13H,5-7H2,(H2,12,14). The van der Waals surface area contributed by atoms with E-state index in [2.05, 4.69) is 5.32 Å². The van der Waals surface area contributed by atoms with Crippen LogP contribution >= 0.6 is 11.6 Å². The summed E-state index contributed by atoms with van der Waals surface area (Å²) < 4.78 is 0. The van der Waals surface area contributed by atoms with E-state index in [4.69, 9.17) is 17.3 Å². The lowest BCUT2D eigenvalue weighted by molar-refractivity contribution is -0.117. The average molecular weight is 213 g/mol. The van der Waals surface area contributed by atoms with Gasteiger partial charge in [0.15, 0.2) is 0 Å². The second kappa shape index (κ2) is 5.62. The Kier molecular flexibility index (Phi) is 4.43. The molecule has 0 aromatic heterocycles. The molecule has 76 valence electrons. The third-order valence-corrected chi connectivity index (χ3v) is 2.04. The highest BCUT2D eigenvalue weighted by Crippen LogP contribution is 2.08. The molecular weight excluding hydrogens is 200 g/mol. The minimum Gasteiger partial charge on any atom is -0.370 e. The Bertz CT molecular complexity index is 297. The first-order chi connectivity index (χ1) is 6.68. The lowest BCUT2D eigenvalue weighted by Gasteiger charge is -2.03. The first kappa shape index (κ1) is 11.0. The predicted molar refractivity (Wildman–Crippen MR) is 57.0 cm³/mol. The van der Waals surface area contributed by atoms with Crippen LogP contribution in [0.3, 0.4) is 0 Å². The monoisotopic (exact) mass is 212 g/mol. The fourth-order valence-electron chi connectivity index (χ4n) is 1.05. The molecule has 0 atom stereocenters. The fraction of sp³-hybridized carbons (Fsp3) is 0.300. The van der Waals surface area contributed by atoms with Gasteiger partial charge in [-0.3, -0.25) is 4.79 Å². The van der Waals surface area contributed by atoms with E-state index in [0.717, 1.165) is 17.1 Å². The second-order valence-electron chi connectivity index (χ2n) is 3.02. The molecule has 1 rings (SSSR count). The van der Waals surface area contributed by atoms with Crippen molar-refractivity contribution in [3.8, 4) is 0 Å². The van der Waals surface area contributed by atoms with Gasteiger partial charge in [0.2, 0.25) is 5.91 Å². The molecule has 0 heterocycles. The average Bonchev–Trinajstić information content (AvgIpc) is 2.15. The van der Waals surface area contributed by atoms with E-state index in [1.165, 1.54) is 0 Å². The molecule has 1 aromatic rings. The predicted octanol–water partition coefficient (Wildman–Crippen LogP) is 1.30. The topological polar surface area (TPSA) is 55.1 Å². The summed E-state index contributed by atoms with van der Waals surface area (Å²) in [6.07, 6.45) is 0.369. The van der Waals surface area contributed by atoms with Crippen LogP contribution in [0.2, 0.25) is 5.02 Å². The number of hydrogen-bond donors (Lipinski definition) is 2. The zero-order valence-electron chi connectivity index (χ0n) is 7.79. The number of benzene rings is 1. The molecule has 1 aromatic carbocycles. The zero-order chi connectivity index (χ0) is 10.4. The van der Waals surface area contributed by atoms with Crippen molar-refractivity contribution >= 4 is 17.5 Å². The summed E-state index contributed by atoms with van der Waals surface area (Å²) in [5.41, 5.74) is 6.13. The molecule has 0 spiro atoms. The molecule has 14 heavy (non-hydrogen) atoms. The number of hydrogen-bond acceptors (Lipinski definition) is 2. The minimum atomic E-state index is -0.284. The summed E-state index contributed by atoms with van der Waals surface area (Å²) >= 11 is 5.73. The molecule has 0 radical (unpaired) electrons. The zero-order valence-corrected chi connectivity index (χ0v) is 8.55. The van der Waals surface area contributed by atoms with Gasteiger partial charge in [-0.05, 0) is 17.7 Å². The number of rotatable bonds is 5. The van der Waals surface area contributed by atoms with Gasteiger partial charge in [0, 0.05) is 24.5 Å². The first-order valence-corrected chi connectivity index (χ1v) is 4.80. The number of carbonyl (C=O) groups excluding carboxylic acids is 1. The number of nitrogens with one attached hydrogen (secondary N) is 1. The normalized spacial score (nSPS) is 10.1. The van der Waals surface area contributed by atoms with E-state index in [9.17, 15) is 4.79 Å². The number of primary amides is 1. The third-order valence-electron chi connectivity index (χ3n) is 1.79. The van der Waals surface area contributed by atoms with Crippen molar-refractivity contribution in [3.05, 3.63) is 34.9 Å². The molecule has 0 bridgehead atoms. The van der Waals surface area contributed by atoms with Crippen molar-refractivity contribution in [1.82, 2.24) is 5.32 Å². The van der Waals surface area contributed by atoms with Crippen LogP contribution < -0.4 is 11.1 Å². The van der Waals surface area contributed by atoms with Gasteiger partial charge in [0.25, 0.3) is 0 Å². The summed E-state index contributed by atoms with van der Waals surface area (Å²) in [4.78, 5) is 10.4. The molecule has 0 fully saturated rings. The maximum Gasteiger partial charge on any atom is 0.218 e. The Morgan fingerprint density at radius 2 is 2.00 bits per heavy atom. The van der Waals surface area contributed by atoms with Crippen LogP contribution in [0.1, 0.15) is 12.0 Å². The lowest BCUT2D eigenvalue weighted by atomic mass is 10.2. The van der Waals surface area contributed by atoms with Crippen molar-refractivity contribution in [2.45, 2.75) is 13.0 Å². The number of amides is 1. The van der Waals surface area contributed by atoms with E-state index in [0.29, 0.717) is 13.0 Å². The molecule has 0 unspecified atom stereocenters. The lowest BCUT2D eigenvalue weighted by Crippen LogP contribution is -2.21. The summed E-state index contributed by atoms with van der Waals surface area (Å²) in [7, 11) is 0. The van der Waals surface area contributed by atoms with Crippen LogP contribution in [0.15, 0.2) is 24.3 Å². The van der Waals surface area contributed by atoms with Crippen LogP contribution in [0.5, 0.6) is 0 Å². The maximum atomic E-state index is 10.4. The molecule has 0 saturated carbocycles. The van der Waals surface area contributed by atoms with Crippen molar-refractivity contribution in [2.24, 2.45) is 5.73 Å². The quantitative estimate of drug-likeness (QED) is 0.723. The molecule has 0 aliphatic carbocycles. The van der Waals surface area contributed by atoms with Crippen LogP contribution in [-0.4, -0.2) is 12.5 Å². The van der Waals surface area contributed by atoms with E-state index in [-0.39, 0.29) is 5.91 Å². The van der Waals surface area contributed by atoms with Crippen molar-refractivity contribution in [3.63, 3.8) is 0 Å². The third kappa shape index (κ3) is 4.25. The number of carbonyl (C=O) groups is 1. The van der Waals surface area contributed by atoms with Gasteiger partial charge in [-0.25, -0.2) is 0 Å². The molecule has 0 aliphatic heterocycles. The van der Waals surface area contributed by atoms with Crippen LogP contribution in [0.4, 0.5) is 0 Å². The molecular formula is C10H13ClN2O. The van der Waals surface area contributed by atoms with Crippen molar-refractivity contribution < 1.29 is 4.79 Å². The summed E-state index contributed by atoms with van der Waals surface area (Å²) in [5.74, 6) is -0.284. The molecule has 3 N–H and O–H groups in total. The smallest absolute Gasteiger partial charge is 0.218 e. The Labute approximate surface area is 88.2 Å². The Morgan fingerprint density at radius 3 is 2.57 bits per heavy atom. The maximum absolute atomic E-state index is 10.4. The Balaban J connectivity index is 2.25. The molecule has 0 saturated heterocycles. The van der Waals surface area contributed by atoms with Gasteiger partial charge in [-0.1, -0.05) is 23.7 Å². The van der Waals surface area contributed by atoms with E-state index >= 15 is 0 Å². The molecule has 0 aliphatic rings. The molecule has 4 heteroatoms. The number of halogens is 1. The molecule has 3 nitrogen and oxygen atoms in total. The molecule has 1 amide bonds. The second-order valence-corrected chi connectivity index (χ2v) is 3.46. The summed E-state index contributed by atoms with van der Waals surface area (Å²) in [5, 5.41) is 3.84. The first-order valence-electron chi connectivity index (χ1n) is 4.42. The van der Waals surface area contributed by atoms with Crippen LogP contribution in [0, 0.1) is 0 Å². The van der Waals surface area contributed by atoms with E-state index in [1.54, 1.807) is 0 Å². The fourth-order valence-corrected chi connectivity index (χ4v) is 1.17. The number of nitrogens with two attached hydrogens (primary N) is 1. The highest BCUT2D eigenvalue weighted by molar-refractivity contribution is 6.30. The highest BCUT2D eigenvalue weighted by Gasteiger charge is 1.95. The largest absolute Gasteiger partial charge is 0.370 e. The summed E-state index contributed by atoms with van der Waals surface area (Å²) in [6, 6.07) is 7.57. The van der Waals surface area contributed by atoms with Gasteiger partial charge in [-0.2, -0.15) is 0 Å². The highest BCUT2D eigenvalue weighted by atomic mass is 35.5. The Hall–Kier alpha value is -1.06. The van der Waals surface area contributed by atoms with E-state index < -0.39 is 0 Å². The van der Waals surface area contributed by atoms with Gasteiger partial charge >= 0.3 is 0 Å². The van der Waals surface area contributed by atoms with Gasteiger partial charge in [-0.15, -0.1) is 0 Å². The van der Waals surface area contributed by atoms with Crippen molar-refractivity contribution in [2.75, 3.05) is 6.54 Å². The van der Waals surface area contributed by atoms with Crippen molar-refractivity contribution in [1.29, 1.82) is 0 Å². The SMILES string of the molecule is NC(=O)CCNCc1ccc(Cl)cc1. The van der Waals surface area contributed by atoms with Crippen LogP contribution in [-0.2, 0) is 11.3 Å². The van der Waals surface area contributed by atoms with E-state index in [1.807, 2.05) is 24.3 Å². The van der Waals surface area contributed by atoms with Gasteiger partial charge in [0.1, 0.15) is 0 Å². The van der Waals surface area contributed by atoms with Gasteiger partial charge < -0.3 is 11.1 Å². The minimum absolute atomic E-state index is 0.284.